The summed E-state index contributed by atoms with van der Waals surface area (Å²) >= 11 is 0. The largest absolute Gasteiger partial charge is 0.416 e. The highest BCUT2D eigenvalue weighted by Gasteiger charge is 2.44. The fourth-order valence-corrected chi connectivity index (χ4v) is 3.30. The van der Waals surface area contributed by atoms with Crippen molar-refractivity contribution in [1.29, 1.82) is 0 Å². The predicted octanol–water partition coefficient (Wildman–Crippen LogP) is 1.05. The van der Waals surface area contributed by atoms with Crippen LogP contribution in [0.25, 0.3) is 10.9 Å². The number of carbonyl (C=O) groups is 1. The SMILES string of the molecule is O=C(Cn1nc(C2CNC2)c2c(F)cncc21)N1CCO[C@@H](C(F)(F)F)C1. The van der Waals surface area contributed by atoms with E-state index < -0.39 is 30.5 Å². The van der Waals surface area contributed by atoms with Crippen molar-refractivity contribution in [3.8, 4) is 0 Å². The molecule has 2 aliphatic rings. The fourth-order valence-electron chi connectivity index (χ4n) is 3.30. The Bertz CT molecular complexity index is 864. The normalized spacial score (nSPS) is 21.5. The molecule has 4 heterocycles. The van der Waals surface area contributed by atoms with Gasteiger partial charge >= 0.3 is 6.18 Å². The Morgan fingerprint density at radius 2 is 2.11 bits per heavy atom. The fraction of sp³-hybridized carbons (Fsp3) is 0.562. The molecule has 0 radical (unpaired) electrons. The molecule has 11 heteroatoms. The van der Waals surface area contributed by atoms with Crippen LogP contribution in [0.5, 0.6) is 0 Å². The number of hydrogen-bond donors (Lipinski definition) is 1. The van der Waals surface area contributed by atoms with Gasteiger partial charge in [-0.3, -0.25) is 14.5 Å². The lowest BCUT2D eigenvalue weighted by atomic mass is 9.97. The van der Waals surface area contributed by atoms with Gasteiger partial charge in [-0.15, -0.1) is 0 Å². The average molecular weight is 387 g/mol. The topological polar surface area (TPSA) is 72.3 Å². The second-order valence-corrected chi connectivity index (χ2v) is 6.65. The smallest absolute Gasteiger partial charge is 0.365 e. The number of ether oxygens (including phenoxy) is 1. The molecule has 1 atom stereocenters. The zero-order valence-corrected chi connectivity index (χ0v) is 14.2. The van der Waals surface area contributed by atoms with Crippen LogP contribution in [0, 0.1) is 5.82 Å². The maximum Gasteiger partial charge on any atom is 0.416 e. The van der Waals surface area contributed by atoms with Gasteiger partial charge in [-0.2, -0.15) is 18.3 Å². The molecular weight excluding hydrogens is 370 g/mol. The Morgan fingerprint density at radius 3 is 2.78 bits per heavy atom. The van der Waals surface area contributed by atoms with Gasteiger partial charge in [0.05, 0.1) is 42.1 Å². The third-order valence-corrected chi connectivity index (χ3v) is 4.88. The summed E-state index contributed by atoms with van der Waals surface area (Å²) in [5, 5.41) is 7.76. The highest BCUT2D eigenvalue weighted by Crippen LogP contribution is 2.29. The minimum atomic E-state index is -4.53. The molecule has 0 aliphatic carbocycles. The summed E-state index contributed by atoms with van der Waals surface area (Å²) in [5.74, 6) is -1.03. The Kier molecular flexibility index (Phi) is 4.50. The summed E-state index contributed by atoms with van der Waals surface area (Å²) in [6, 6.07) is 0. The maximum absolute atomic E-state index is 14.3. The molecule has 2 fully saturated rings. The van der Waals surface area contributed by atoms with Crippen LogP contribution in [0.3, 0.4) is 0 Å². The molecule has 2 saturated heterocycles. The van der Waals surface area contributed by atoms with E-state index in [2.05, 4.69) is 15.4 Å². The van der Waals surface area contributed by atoms with Crippen molar-refractivity contribution in [3.05, 3.63) is 23.9 Å². The van der Waals surface area contributed by atoms with Gasteiger partial charge in [0, 0.05) is 25.6 Å². The van der Waals surface area contributed by atoms with Gasteiger partial charge in [0.1, 0.15) is 6.54 Å². The molecular formula is C16H17F4N5O2. The van der Waals surface area contributed by atoms with E-state index in [1.807, 2.05) is 0 Å². The van der Waals surface area contributed by atoms with Gasteiger partial charge < -0.3 is 15.0 Å². The molecule has 0 bridgehead atoms. The van der Waals surface area contributed by atoms with Crippen molar-refractivity contribution >= 4 is 16.8 Å². The molecule has 7 nitrogen and oxygen atoms in total. The van der Waals surface area contributed by atoms with Crippen molar-refractivity contribution in [1.82, 2.24) is 25.0 Å². The number of carbonyl (C=O) groups excluding carboxylic acids is 1. The Labute approximate surface area is 151 Å². The number of fused-ring (bicyclic) bond motifs is 1. The molecule has 1 amide bonds. The molecule has 27 heavy (non-hydrogen) atoms. The first-order valence-electron chi connectivity index (χ1n) is 8.51. The van der Waals surface area contributed by atoms with Gasteiger partial charge in [0.25, 0.3) is 0 Å². The van der Waals surface area contributed by atoms with Crippen LogP contribution in [-0.4, -0.2) is 70.6 Å². The second kappa shape index (κ2) is 6.71. The standard InChI is InChI=1S/C16H17F4N5O2/c17-10-5-22-6-11-14(10)15(9-3-21-4-9)23-25(11)8-13(26)24-1-2-27-12(7-24)16(18,19)20/h5-6,9,12,21H,1-4,7-8H2/t12-/m1/s1. The molecule has 4 rings (SSSR count). The van der Waals surface area contributed by atoms with Crippen molar-refractivity contribution < 1.29 is 27.1 Å². The molecule has 146 valence electrons. The first kappa shape index (κ1) is 18.1. The summed E-state index contributed by atoms with van der Waals surface area (Å²) in [4.78, 5) is 17.5. The van der Waals surface area contributed by atoms with E-state index in [-0.39, 0.29) is 25.6 Å². The summed E-state index contributed by atoms with van der Waals surface area (Å²) in [6.45, 7) is 0.332. The quantitative estimate of drug-likeness (QED) is 0.798. The first-order chi connectivity index (χ1) is 12.8. The van der Waals surface area contributed by atoms with E-state index >= 15 is 0 Å². The second-order valence-electron chi connectivity index (χ2n) is 6.65. The molecule has 2 aliphatic heterocycles. The molecule has 1 N–H and O–H groups in total. The third-order valence-electron chi connectivity index (χ3n) is 4.88. The highest BCUT2D eigenvalue weighted by atomic mass is 19.4. The van der Waals surface area contributed by atoms with Gasteiger partial charge in [0.2, 0.25) is 5.91 Å². The summed E-state index contributed by atoms with van der Waals surface area (Å²) in [6.07, 6.45) is -4.04. The van der Waals surface area contributed by atoms with Crippen molar-refractivity contribution in [2.45, 2.75) is 24.7 Å². The number of hydrogen-bond acceptors (Lipinski definition) is 5. The van der Waals surface area contributed by atoms with Crippen LogP contribution in [0.15, 0.2) is 12.4 Å². The number of amides is 1. The number of nitrogens with one attached hydrogen (secondary N) is 1. The van der Waals surface area contributed by atoms with E-state index in [1.165, 1.54) is 10.9 Å². The number of rotatable bonds is 3. The zero-order valence-electron chi connectivity index (χ0n) is 14.2. The van der Waals surface area contributed by atoms with Crippen LogP contribution in [0.2, 0.25) is 0 Å². The van der Waals surface area contributed by atoms with Crippen molar-refractivity contribution in [2.75, 3.05) is 32.8 Å². The number of nitrogens with zero attached hydrogens (tertiary/aromatic N) is 4. The number of pyridine rings is 1. The van der Waals surface area contributed by atoms with Crippen molar-refractivity contribution in [2.24, 2.45) is 0 Å². The molecule has 0 saturated carbocycles. The number of morpholine rings is 1. The molecule has 2 aromatic rings. The number of halogens is 4. The average Bonchev–Trinajstić information content (AvgIpc) is 2.92. The van der Waals surface area contributed by atoms with Gasteiger partial charge in [-0.1, -0.05) is 0 Å². The number of aromatic nitrogens is 3. The van der Waals surface area contributed by atoms with Crippen LogP contribution >= 0.6 is 0 Å². The third kappa shape index (κ3) is 3.36. The van der Waals surface area contributed by atoms with Gasteiger partial charge in [-0.25, -0.2) is 4.39 Å². The molecule has 0 aromatic carbocycles. The lowest BCUT2D eigenvalue weighted by Crippen LogP contribution is -2.51. The Balaban J connectivity index is 1.58. The predicted molar refractivity (Wildman–Crippen MR) is 85.5 cm³/mol. The van der Waals surface area contributed by atoms with Crippen molar-refractivity contribution in [3.63, 3.8) is 0 Å². The van der Waals surface area contributed by atoms with Crippen LogP contribution in [0.4, 0.5) is 17.6 Å². The summed E-state index contributed by atoms with van der Waals surface area (Å²) in [7, 11) is 0. The van der Waals surface area contributed by atoms with Gasteiger partial charge in [0.15, 0.2) is 11.9 Å². The van der Waals surface area contributed by atoms with E-state index in [0.717, 1.165) is 11.1 Å². The summed E-state index contributed by atoms with van der Waals surface area (Å²) < 4.78 is 58.9. The monoisotopic (exact) mass is 387 g/mol. The minimum absolute atomic E-state index is 0.0266. The van der Waals surface area contributed by atoms with E-state index in [9.17, 15) is 22.4 Å². The van der Waals surface area contributed by atoms with Crippen LogP contribution < -0.4 is 5.32 Å². The molecule has 0 unspecified atom stereocenters. The lowest BCUT2D eigenvalue weighted by Gasteiger charge is -2.33. The summed E-state index contributed by atoms with van der Waals surface area (Å²) in [5.41, 5.74) is 0.887. The molecule has 0 spiro atoms. The van der Waals surface area contributed by atoms with E-state index in [4.69, 9.17) is 4.74 Å². The first-order valence-corrected chi connectivity index (χ1v) is 8.51. The Hall–Kier alpha value is -2.27. The van der Waals surface area contributed by atoms with Crippen LogP contribution in [0.1, 0.15) is 11.6 Å². The van der Waals surface area contributed by atoms with E-state index in [0.29, 0.717) is 29.7 Å². The lowest BCUT2D eigenvalue weighted by molar-refractivity contribution is -0.236. The van der Waals surface area contributed by atoms with E-state index in [1.54, 1.807) is 0 Å². The highest BCUT2D eigenvalue weighted by molar-refractivity contribution is 5.84. The maximum atomic E-state index is 14.3. The number of alkyl halides is 3. The minimum Gasteiger partial charge on any atom is -0.365 e. The van der Waals surface area contributed by atoms with Gasteiger partial charge in [-0.05, 0) is 0 Å². The Morgan fingerprint density at radius 1 is 1.33 bits per heavy atom. The van der Waals surface area contributed by atoms with Crippen LogP contribution in [-0.2, 0) is 16.1 Å². The zero-order chi connectivity index (χ0) is 19.2. The molecule has 2 aromatic heterocycles.